The summed E-state index contributed by atoms with van der Waals surface area (Å²) in [4.78, 5) is 4.44. The molecular weight excluding hydrogens is 218 g/mol. The Morgan fingerprint density at radius 1 is 1.56 bits per heavy atom. The highest BCUT2D eigenvalue weighted by Crippen LogP contribution is 2.22. The Balaban J connectivity index is 1.67. The van der Waals surface area contributed by atoms with Crippen molar-refractivity contribution in [2.24, 2.45) is 11.7 Å². The molecule has 1 heterocycles. The molecule has 0 radical (unpaired) electrons. The first-order valence-electron chi connectivity index (χ1n) is 6.11. The lowest BCUT2D eigenvalue weighted by Crippen LogP contribution is -2.33. The molecule has 4 heteroatoms. The summed E-state index contributed by atoms with van der Waals surface area (Å²) in [6.45, 7) is 4.04. The topological polar surface area (TPSA) is 50.9 Å². The molecule has 1 fully saturated rings. The highest BCUT2D eigenvalue weighted by Gasteiger charge is 2.18. The predicted molar refractivity (Wildman–Crippen MR) is 68.5 cm³/mol. The first-order chi connectivity index (χ1) is 7.74. The number of nitrogens with one attached hydrogen (secondary N) is 1. The highest BCUT2D eigenvalue weighted by atomic mass is 32.1. The van der Waals surface area contributed by atoms with Crippen molar-refractivity contribution in [3.05, 3.63) is 16.1 Å². The van der Waals surface area contributed by atoms with Gasteiger partial charge in [0, 0.05) is 23.7 Å². The lowest BCUT2D eigenvalue weighted by atomic mass is 9.86. The maximum Gasteiger partial charge on any atom is 0.107 e. The molecule has 0 bridgehead atoms. The molecule has 0 saturated heterocycles. The fourth-order valence-electron chi connectivity index (χ4n) is 2.39. The molecule has 3 nitrogen and oxygen atoms in total. The Kier molecular flexibility index (Phi) is 4.32. The van der Waals surface area contributed by atoms with Crippen molar-refractivity contribution in [2.75, 3.05) is 6.54 Å². The number of thiazole rings is 1. The summed E-state index contributed by atoms with van der Waals surface area (Å²) in [5.41, 5.74) is 7.10. The molecule has 90 valence electrons. The van der Waals surface area contributed by atoms with Crippen molar-refractivity contribution in [1.82, 2.24) is 10.3 Å². The van der Waals surface area contributed by atoms with Crippen LogP contribution in [0.4, 0.5) is 0 Å². The smallest absolute Gasteiger partial charge is 0.107 e. The number of nitrogens with zero attached hydrogens (tertiary/aromatic N) is 1. The van der Waals surface area contributed by atoms with Gasteiger partial charge >= 0.3 is 0 Å². The van der Waals surface area contributed by atoms with Gasteiger partial charge in [0.25, 0.3) is 0 Å². The summed E-state index contributed by atoms with van der Waals surface area (Å²) in [6.07, 6.45) is 5.02. The van der Waals surface area contributed by atoms with Crippen LogP contribution in [0.3, 0.4) is 0 Å². The Hall–Kier alpha value is -0.450. The van der Waals surface area contributed by atoms with Crippen LogP contribution in [0.1, 0.15) is 36.4 Å². The van der Waals surface area contributed by atoms with Crippen molar-refractivity contribution in [3.8, 4) is 0 Å². The van der Waals surface area contributed by atoms with Gasteiger partial charge in [-0.15, -0.1) is 11.3 Å². The molecule has 1 aliphatic rings. The minimum atomic E-state index is 0.433. The number of aromatic nitrogens is 1. The molecule has 2 atom stereocenters. The summed E-state index contributed by atoms with van der Waals surface area (Å²) in [7, 11) is 0. The van der Waals surface area contributed by atoms with Gasteiger partial charge in [-0.25, -0.2) is 4.98 Å². The molecule has 0 aliphatic heterocycles. The molecule has 3 N–H and O–H groups in total. The second-order valence-corrected chi connectivity index (χ2v) is 5.75. The van der Waals surface area contributed by atoms with Crippen LogP contribution in [-0.4, -0.2) is 17.6 Å². The van der Waals surface area contributed by atoms with Gasteiger partial charge in [-0.3, -0.25) is 0 Å². The molecule has 1 aliphatic carbocycles. The summed E-state index contributed by atoms with van der Waals surface area (Å²) in [6, 6.07) is 0.433. The van der Waals surface area contributed by atoms with Crippen LogP contribution in [0.25, 0.3) is 0 Å². The Bertz CT molecular complexity index is 324. The average Bonchev–Trinajstić information content (AvgIpc) is 2.64. The third kappa shape index (κ3) is 3.54. The summed E-state index contributed by atoms with van der Waals surface area (Å²) in [5, 5.41) is 6.79. The molecule has 0 spiro atoms. The van der Waals surface area contributed by atoms with E-state index in [1.165, 1.54) is 30.7 Å². The summed E-state index contributed by atoms with van der Waals surface area (Å²) < 4.78 is 0. The van der Waals surface area contributed by atoms with E-state index < -0.39 is 0 Å². The van der Waals surface area contributed by atoms with Crippen LogP contribution in [0.2, 0.25) is 0 Å². The number of hydrogen-bond donors (Lipinski definition) is 2. The fraction of sp³-hybridized carbons (Fsp3) is 0.750. The van der Waals surface area contributed by atoms with Crippen LogP contribution < -0.4 is 11.1 Å². The van der Waals surface area contributed by atoms with Crippen molar-refractivity contribution in [3.63, 3.8) is 0 Å². The average molecular weight is 239 g/mol. The molecule has 0 aromatic carbocycles. The van der Waals surface area contributed by atoms with Gasteiger partial charge in [0.1, 0.15) is 5.01 Å². The Morgan fingerprint density at radius 3 is 3.12 bits per heavy atom. The standard InChI is InChI=1S/C12H21N3S/c1-9-8-16-12(15-9)7-14-6-10-3-2-4-11(13)5-10/h8,10-11,14H,2-7,13H2,1H3. The normalized spacial score (nSPS) is 25.9. The van der Waals surface area contributed by atoms with E-state index in [0.717, 1.165) is 24.7 Å². The van der Waals surface area contributed by atoms with E-state index in [4.69, 9.17) is 5.73 Å². The molecular formula is C12H21N3S. The second-order valence-electron chi connectivity index (χ2n) is 4.81. The second kappa shape index (κ2) is 5.75. The number of hydrogen-bond acceptors (Lipinski definition) is 4. The van der Waals surface area contributed by atoms with E-state index in [0.29, 0.717) is 6.04 Å². The van der Waals surface area contributed by atoms with Gasteiger partial charge in [0.2, 0.25) is 0 Å². The minimum absolute atomic E-state index is 0.433. The van der Waals surface area contributed by atoms with Gasteiger partial charge in [-0.2, -0.15) is 0 Å². The maximum absolute atomic E-state index is 5.97. The number of nitrogens with two attached hydrogens (primary N) is 1. The lowest BCUT2D eigenvalue weighted by molar-refractivity contribution is 0.310. The number of rotatable bonds is 4. The lowest BCUT2D eigenvalue weighted by Gasteiger charge is -2.26. The minimum Gasteiger partial charge on any atom is -0.328 e. The van der Waals surface area contributed by atoms with E-state index in [1.54, 1.807) is 11.3 Å². The number of aryl methyl sites for hydroxylation is 1. The van der Waals surface area contributed by atoms with E-state index in [-0.39, 0.29) is 0 Å². The zero-order valence-electron chi connectivity index (χ0n) is 9.91. The van der Waals surface area contributed by atoms with Crippen molar-refractivity contribution >= 4 is 11.3 Å². The molecule has 1 saturated carbocycles. The monoisotopic (exact) mass is 239 g/mol. The molecule has 2 unspecified atom stereocenters. The largest absolute Gasteiger partial charge is 0.328 e. The van der Waals surface area contributed by atoms with E-state index in [2.05, 4.69) is 15.7 Å². The van der Waals surface area contributed by atoms with Gasteiger partial charge in [0.15, 0.2) is 0 Å². The highest BCUT2D eigenvalue weighted by molar-refractivity contribution is 7.09. The molecule has 1 aromatic heterocycles. The first-order valence-corrected chi connectivity index (χ1v) is 6.99. The van der Waals surface area contributed by atoms with Gasteiger partial charge in [-0.1, -0.05) is 6.42 Å². The molecule has 2 rings (SSSR count). The van der Waals surface area contributed by atoms with Crippen LogP contribution in [0.15, 0.2) is 5.38 Å². The predicted octanol–water partition coefficient (Wildman–Crippen LogP) is 2.06. The van der Waals surface area contributed by atoms with Crippen molar-refractivity contribution in [2.45, 2.75) is 45.2 Å². The molecule has 16 heavy (non-hydrogen) atoms. The third-order valence-corrected chi connectivity index (χ3v) is 4.17. The Morgan fingerprint density at radius 2 is 2.44 bits per heavy atom. The first kappa shape index (κ1) is 12.0. The molecule has 0 amide bonds. The molecule has 1 aromatic rings. The van der Waals surface area contributed by atoms with Crippen LogP contribution in [0.5, 0.6) is 0 Å². The maximum atomic E-state index is 5.97. The van der Waals surface area contributed by atoms with Crippen LogP contribution in [-0.2, 0) is 6.54 Å². The summed E-state index contributed by atoms with van der Waals surface area (Å²) in [5.74, 6) is 0.768. The fourth-order valence-corrected chi connectivity index (χ4v) is 3.13. The zero-order chi connectivity index (χ0) is 11.4. The van der Waals surface area contributed by atoms with Gasteiger partial charge in [0.05, 0.1) is 0 Å². The van der Waals surface area contributed by atoms with E-state index >= 15 is 0 Å². The van der Waals surface area contributed by atoms with Gasteiger partial charge in [-0.05, 0) is 38.6 Å². The van der Waals surface area contributed by atoms with Crippen molar-refractivity contribution < 1.29 is 0 Å². The zero-order valence-corrected chi connectivity index (χ0v) is 10.7. The Labute approximate surface area is 101 Å². The van der Waals surface area contributed by atoms with E-state index in [1.807, 2.05) is 6.92 Å². The van der Waals surface area contributed by atoms with Crippen molar-refractivity contribution in [1.29, 1.82) is 0 Å². The van der Waals surface area contributed by atoms with Crippen LogP contribution in [0, 0.1) is 12.8 Å². The van der Waals surface area contributed by atoms with Gasteiger partial charge < -0.3 is 11.1 Å². The quantitative estimate of drug-likeness (QED) is 0.845. The van der Waals surface area contributed by atoms with Crippen LogP contribution >= 0.6 is 11.3 Å². The summed E-state index contributed by atoms with van der Waals surface area (Å²) >= 11 is 1.74. The van der Waals surface area contributed by atoms with E-state index in [9.17, 15) is 0 Å². The SMILES string of the molecule is Cc1csc(CNCC2CCCC(N)C2)n1. The third-order valence-electron chi connectivity index (χ3n) is 3.20.